The van der Waals surface area contributed by atoms with Crippen LogP contribution >= 0.6 is 12.4 Å². The molecule has 5 heteroatoms. The van der Waals surface area contributed by atoms with Gasteiger partial charge in [-0.1, -0.05) is 0 Å². The summed E-state index contributed by atoms with van der Waals surface area (Å²) < 4.78 is 31.0. The van der Waals surface area contributed by atoms with Gasteiger partial charge < -0.3 is 10.5 Å². The molecule has 2 nitrogen and oxygen atoms in total. The number of halogens is 3. The van der Waals surface area contributed by atoms with Crippen molar-refractivity contribution >= 4 is 12.4 Å². The summed E-state index contributed by atoms with van der Waals surface area (Å²) in [5, 5.41) is 0. The molecule has 0 aliphatic carbocycles. The van der Waals surface area contributed by atoms with Gasteiger partial charge in [-0.25, -0.2) is 8.78 Å². The number of benzene rings is 1. The molecule has 0 radical (unpaired) electrons. The van der Waals surface area contributed by atoms with E-state index in [0.717, 1.165) is 5.56 Å². The predicted molar refractivity (Wildman–Crippen MR) is 64.6 cm³/mol. The number of rotatable bonds is 2. The molecule has 0 saturated carbocycles. The molecule has 0 spiro atoms. The minimum atomic E-state index is -0.326. The molecular weight excluding hydrogens is 248 g/mol. The third-order valence-corrected chi connectivity index (χ3v) is 2.76. The maximum Gasteiger partial charge on any atom is 0.124 e. The van der Waals surface area contributed by atoms with Crippen molar-refractivity contribution in [3.63, 3.8) is 0 Å². The molecule has 2 N–H and O–H groups in total. The number of fused-ring (bicyclic) bond motifs is 1. The summed E-state index contributed by atoms with van der Waals surface area (Å²) in [6.45, 7) is 0.137. The molecule has 1 unspecified atom stereocenters. The van der Waals surface area contributed by atoms with E-state index in [0.29, 0.717) is 30.5 Å². The van der Waals surface area contributed by atoms with E-state index in [4.69, 9.17) is 10.5 Å². The molecule has 0 aromatic heterocycles. The Morgan fingerprint density at radius 1 is 1.53 bits per heavy atom. The lowest BCUT2D eigenvalue weighted by Gasteiger charge is -2.27. The van der Waals surface area contributed by atoms with Crippen molar-refractivity contribution in [3.8, 4) is 5.75 Å². The Morgan fingerprint density at radius 3 is 2.94 bits per heavy atom. The lowest BCUT2D eigenvalue weighted by Crippen LogP contribution is -2.28. The number of hydrogen-bond acceptors (Lipinski definition) is 2. The summed E-state index contributed by atoms with van der Waals surface area (Å²) in [5.74, 6) is 0.339. The first-order valence-corrected chi connectivity index (χ1v) is 5.19. The summed E-state index contributed by atoms with van der Waals surface area (Å²) in [4.78, 5) is 0. The minimum absolute atomic E-state index is 0. The average molecular weight is 262 g/mol. The Hall–Kier alpha value is -1.13. The molecule has 1 aromatic rings. The molecule has 0 fully saturated rings. The van der Waals surface area contributed by atoms with Crippen molar-refractivity contribution in [1.82, 2.24) is 0 Å². The van der Waals surface area contributed by atoms with Crippen molar-refractivity contribution in [2.75, 3.05) is 6.54 Å². The topological polar surface area (TPSA) is 35.2 Å². The van der Waals surface area contributed by atoms with E-state index in [2.05, 4.69) is 0 Å². The van der Waals surface area contributed by atoms with Crippen LogP contribution in [-0.2, 0) is 6.42 Å². The summed E-state index contributed by atoms with van der Waals surface area (Å²) in [7, 11) is 0. The van der Waals surface area contributed by atoms with Gasteiger partial charge in [0.2, 0.25) is 0 Å². The average Bonchev–Trinajstić information content (AvgIpc) is 2.31. The number of nitrogens with two attached hydrogens (primary N) is 1. The Kier molecular flexibility index (Phi) is 4.90. The molecule has 0 saturated heterocycles. The number of aryl methyl sites for hydroxylation is 1. The summed E-state index contributed by atoms with van der Waals surface area (Å²) >= 11 is 0. The zero-order valence-corrected chi connectivity index (χ0v) is 9.97. The van der Waals surface area contributed by atoms with E-state index in [1.165, 1.54) is 12.1 Å². The van der Waals surface area contributed by atoms with Gasteiger partial charge in [0.1, 0.15) is 17.7 Å². The van der Waals surface area contributed by atoms with Crippen LogP contribution in [0.25, 0.3) is 0 Å². The summed E-state index contributed by atoms with van der Waals surface area (Å²) in [6.07, 6.45) is 1.48. The van der Waals surface area contributed by atoms with Gasteiger partial charge in [-0.2, -0.15) is 0 Å². The first kappa shape index (κ1) is 13.9. The van der Waals surface area contributed by atoms with Crippen LogP contribution in [0.2, 0.25) is 0 Å². The highest BCUT2D eigenvalue weighted by Crippen LogP contribution is 2.30. The van der Waals surface area contributed by atoms with E-state index in [1.54, 1.807) is 6.07 Å². The van der Waals surface area contributed by atoms with Crippen LogP contribution in [0.5, 0.6) is 5.75 Å². The Balaban J connectivity index is 0.00000144. The second-order valence-corrected chi connectivity index (χ2v) is 3.79. The molecule has 2 rings (SSSR count). The van der Waals surface area contributed by atoms with E-state index >= 15 is 0 Å². The molecule has 1 aliphatic rings. The van der Waals surface area contributed by atoms with Gasteiger partial charge >= 0.3 is 0 Å². The zero-order valence-electron chi connectivity index (χ0n) is 9.16. The van der Waals surface area contributed by atoms with Gasteiger partial charge in [0.15, 0.2) is 0 Å². The number of ether oxygens (including phenoxy) is 1. The standard InChI is InChI=1S/C12H13F2NO.ClH/c13-6-9(7-15)12-3-1-8-5-10(14)2-4-11(8)16-12;/h2,4-6,12H,1,3,7,15H2;1H/b9-6+;. The molecule has 1 atom stereocenters. The molecule has 0 bridgehead atoms. The molecule has 1 heterocycles. The fourth-order valence-electron chi connectivity index (χ4n) is 1.86. The molecule has 17 heavy (non-hydrogen) atoms. The van der Waals surface area contributed by atoms with E-state index in [9.17, 15) is 8.78 Å². The van der Waals surface area contributed by atoms with Crippen molar-refractivity contribution in [1.29, 1.82) is 0 Å². The molecule has 1 aliphatic heterocycles. The van der Waals surface area contributed by atoms with Gasteiger partial charge in [-0.05, 0) is 36.6 Å². The van der Waals surface area contributed by atoms with Crippen LogP contribution in [0, 0.1) is 5.82 Å². The normalized spacial score (nSPS) is 19.0. The molecular formula is C12H14ClF2NO. The van der Waals surface area contributed by atoms with Gasteiger partial charge in [0.05, 0.1) is 6.33 Å². The fraction of sp³-hybridized carbons (Fsp3) is 0.333. The molecule has 94 valence electrons. The monoisotopic (exact) mass is 261 g/mol. The highest BCUT2D eigenvalue weighted by atomic mass is 35.5. The highest BCUT2D eigenvalue weighted by Gasteiger charge is 2.22. The maximum absolute atomic E-state index is 12.9. The van der Waals surface area contributed by atoms with Crippen LogP contribution in [-0.4, -0.2) is 12.6 Å². The lowest BCUT2D eigenvalue weighted by molar-refractivity contribution is 0.203. The largest absolute Gasteiger partial charge is 0.486 e. The van der Waals surface area contributed by atoms with Crippen LogP contribution < -0.4 is 10.5 Å². The van der Waals surface area contributed by atoms with Crippen LogP contribution in [0.15, 0.2) is 30.1 Å². The second kappa shape index (κ2) is 5.98. The summed E-state index contributed by atoms with van der Waals surface area (Å²) in [5.41, 5.74) is 6.68. The van der Waals surface area contributed by atoms with Crippen molar-refractivity contribution in [2.45, 2.75) is 18.9 Å². The molecule has 0 amide bonds. The third kappa shape index (κ3) is 2.96. The van der Waals surface area contributed by atoms with Gasteiger partial charge in [0.25, 0.3) is 0 Å². The van der Waals surface area contributed by atoms with E-state index < -0.39 is 0 Å². The van der Waals surface area contributed by atoms with Crippen LogP contribution in [0.3, 0.4) is 0 Å². The van der Waals surface area contributed by atoms with Crippen LogP contribution in [0.1, 0.15) is 12.0 Å². The van der Waals surface area contributed by atoms with E-state index in [-0.39, 0.29) is 30.9 Å². The van der Waals surface area contributed by atoms with Crippen molar-refractivity contribution < 1.29 is 13.5 Å². The quantitative estimate of drug-likeness (QED) is 0.889. The zero-order chi connectivity index (χ0) is 11.5. The lowest BCUT2D eigenvalue weighted by atomic mass is 9.98. The van der Waals surface area contributed by atoms with Crippen molar-refractivity contribution in [2.24, 2.45) is 5.73 Å². The van der Waals surface area contributed by atoms with Crippen molar-refractivity contribution in [3.05, 3.63) is 41.5 Å². The Bertz CT molecular complexity index is 423. The first-order valence-electron chi connectivity index (χ1n) is 5.19. The third-order valence-electron chi connectivity index (χ3n) is 2.76. The Labute approximate surface area is 105 Å². The smallest absolute Gasteiger partial charge is 0.124 e. The molecule has 1 aromatic carbocycles. The first-order chi connectivity index (χ1) is 7.74. The SMILES string of the molecule is Cl.NC/C(=C\F)C1CCc2cc(F)ccc2O1. The second-order valence-electron chi connectivity index (χ2n) is 3.79. The maximum atomic E-state index is 12.9. The van der Waals surface area contributed by atoms with Gasteiger partial charge in [-0.3, -0.25) is 0 Å². The highest BCUT2D eigenvalue weighted by molar-refractivity contribution is 5.85. The summed E-state index contributed by atoms with van der Waals surface area (Å²) in [6, 6.07) is 4.36. The fourth-order valence-corrected chi connectivity index (χ4v) is 1.86. The Morgan fingerprint density at radius 2 is 2.29 bits per heavy atom. The van der Waals surface area contributed by atoms with Gasteiger partial charge in [0, 0.05) is 12.1 Å². The predicted octanol–water partition coefficient (Wildman–Crippen LogP) is 2.75. The van der Waals surface area contributed by atoms with Gasteiger partial charge in [-0.15, -0.1) is 12.4 Å². The van der Waals surface area contributed by atoms with E-state index in [1.807, 2.05) is 0 Å². The van der Waals surface area contributed by atoms with Crippen LogP contribution in [0.4, 0.5) is 8.78 Å². The number of hydrogen-bond donors (Lipinski definition) is 1. The minimum Gasteiger partial charge on any atom is -0.486 e.